The Morgan fingerprint density at radius 3 is 2.70 bits per heavy atom. The van der Waals surface area contributed by atoms with E-state index in [1.807, 2.05) is 30.3 Å². The van der Waals surface area contributed by atoms with E-state index in [0.717, 1.165) is 5.56 Å². The first-order chi connectivity index (χ1) is 13.1. The van der Waals surface area contributed by atoms with Gasteiger partial charge < -0.3 is 4.42 Å². The fourth-order valence-electron chi connectivity index (χ4n) is 2.48. The van der Waals surface area contributed by atoms with Crippen molar-refractivity contribution in [2.45, 2.75) is 12.8 Å². The first-order valence-corrected chi connectivity index (χ1v) is 8.32. The van der Waals surface area contributed by atoms with Crippen LogP contribution in [0.4, 0.5) is 5.69 Å². The summed E-state index contributed by atoms with van der Waals surface area (Å²) in [6.07, 6.45) is 2.36. The second-order valence-electron chi connectivity index (χ2n) is 5.79. The summed E-state index contributed by atoms with van der Waals surface area (Å²) in [6, 6.07) is 19.3. The molecule has 1 N–H and O–H groups in total. The number of benzene rings is 2. The number of amides is 1. The monoisotopic (exact) mass is 363 g/mol. The van der Waals surface area contributed by atoms with Crippen LogP contribution in [0.15, 0.2) is 76.2 Å². The van der Waals surface area contributed by atoms with E-state index in [9.17, 15) is 14.9 Å². The van der Waals surface area contributed by atoms with Crippen LogP contribution in [0.25, 0.3) is 11.3 Å². The Kier molecular flexibility index (Phi) is 5.73. The maximum Gasteiger partial charge on any atom is 0.270 e. The standard InChI is InChI=1S/C20H17N3O4/c24-20(12-9-15-5-2-1-3-6-15)22-21-14-18-10-11-19(27-18)16-7-4-8-17(13-16)23(25)26/h1-8,10-11,13-14H,9,12H2,(H,22,24)/b21-14-. The van der Waals surface area contributed by atoms with Gasteiger partial charge in [-0.1, -0.05) is 42.5 Å². The maximum absolute atomic E-state index is 11.8. The lowest BCUT2D eigenvalue weighted by Gasteiger charge is -2.00. The summed E-state index contributed by atoms with van der Waals surface area (Å²) in [5, 5.41) is 14.7. The van der Waals surface area contributed by atoms with Crippen molar-refractivity contribution in [3.63, 3.8) is 0 Å². The minimum Gasteiger partial charge on any atom is -0.455 e. The predicted molar refractivity (Wildman–Crippen MR) is 101 cm³/mol. The summed E-state index contributed by atoms with van der Waals surface area (Å²) in [5.41, 5.74) is 4.13. The summed E-state index contributed by atoms with van der Waals surface area (Å²) < 4.78 is 5.59. The number of hydrogen-bond acceptors (Lipinski definition) is 5. The van der Waals surface area contributed by atoms with Gasteiger partial charge in [0.25, 0.3) is 5.69 Å². The number of aryl methyl sites for hydroxylation is 1. The second kappa shape index (κ2) is 8.57. The molecule has 0 fully saturated rings. The van der Waals surface area contributed by atoms with E-state index in [1.54, 1.807) is 24.3 Å². The van der Waals surface area contributed by atoms with Crippen molar-refractivity contribution >= 4 is 17.8 Å². The van der Waals surface area contributed by atoms with Gasteiger partial charge >= 0.3 is 0 Å². The first kappa shape index (κ1) is 18.1. The van der Waals surface area contributed by atoms with Crippen molar-refractivity contribution in [1.82, 2.24) is 5.43 Å². The molecule has 27 heavy (non-hydrogen) atoms. The molecular weight excluding hydrogens is 346 g/mol. The summed E-state index contributed by atoms with van der Waals surface area (Å²) in [5.74, 6) is 0.719. The van der Waals surface area contributed by atoms with Crippen LogP contribution < -0.4 is 5.43 Å². The number of nitrogens with one attached hydrogen (secondary N) is 1. The summed E-state index contributed by atoms with van der Waals surface area (Å²) in [6.45, 7) is 0. The summed E-state index contributed by atoms with van der Waals surface area (Å²) in [7, 11) is 0. The number of carbonyl (C=O) groups excluding carboxylic acids is 1. The molecule has 0 spiro atoms. The largest absolute Gasteiger partial charge is 0.455 e. The lowest BCUT2D eigenvalue weighted by Crippen LogP contribution is -2.17. The molecule has 1 heterocycles. The maximum atomic E-state index is 11.8. The fourth-order valence-corrected chi connectivity index (χ4v) is 2.48. The molecule has 1 amide bonds. The molecule has 0 aliphatic heterocycles. The van der Waals surface area contributed by atoms with Gasteiger partial charge in [-0.05, 0) is 24.1 Å². The van der Waals surface area contributed by atoms with E-state index in [-0.39, 0.29) is 11.6 Å². The number of furan rings is 1. The zero-order valence-corrected chi connectivity index (χ0v) is 14.4. The van der Waals surface area contributed by atoms with Gasteiger partial charge in [-0.25, -0.2) is 5.43 Å². The van der Waals surface area contributed by atoms with E-state index in [2.05, 4.69) is 10.5 Å². The van der Waals surface area contributed by atoms with Gasteiger partial charge in [0.1, 0.15) is 11.5 Å². The Hall–Kier alpha value is -3.74. The molecule has 0 radical (unpaired) electrons. The highest BCUT2D eigenvalue weighted by Crippen LogP contribution is 2.25. The quantitative estimate of drug-likeness (QED) is 0.390. The van der Waals surface area contributed by atoms with E-state index in [1.165, 1.54) is 18.3 Å². The van der Waals surface area contributed by atoms with Crippen molar-refractivity contribution in [3.8, 4) is 11.3 Å². The van der Waals surface area contributed by atoms with Crippen LogP contribution in [-0.4, -0.2) is 17.0 Å². The van der Waals surface area contributed by atoms with Crippen molar-refractivity contribution in [3.05, 3.63) is 88.2 Å². The van der Waals surface area contributed by atoms with Crippen LogP contribution in [0, 0.1) is 10.1 Å². The molecule has 136 valence electrons. The minimum absolute atomic E-state index is 0.00945. The molecule has 0 aliphatic carbocycles. The zero-order valence-electron chi connectivity index (χ0n) is 14.4. The molecule has 0 unspecified atom stereocenters. The summed E-state index contributed by atoms with van der Waals surface area (Å²) >= 11 is 0. The third-order valence-corrected chi connectivity index (χ3v) is 3.83. The average Bonchev–Trinajstić information content (AvgIpc) is 3.16. The number of nitro groups is 1. The number of carbonyl (C=O) groups is 1. The molecular formula is C20H17N3O4. The van der Waals surface area contributed by atoms with Gasteiger partial charge in [0.05, 0.1) is 11.1 Å². The SMILES string of the molecule is O=C(CCc1ccccc1)N/N=C\c1ccc(-c2cccc([N+](=O)[O-])c2)o1. The van der Waals surface area contributed by atoms with Crippen molar-refractivity contribution in [2.24, 2.45) is 5.10 Å². The van der Waals surface area contributed by atoms with Gasteiger partial charge in [-0.3, -0.25) is 14.9 Å². The number of hydrogen-bond donors (Lipinski definition) is 1. The number of nitro benzene ring substituents is 1. The zero-order chi connectivity index (χ0) is 19.1. The van der Waals surface area contributed by atoms with Gasteiger partial charge in [0.2, 0.25) is 5.91 Å². The highest BCUT2D eigenvalue weighted by molar-refractivity contribution is 5.81. The van der Waals surface area contributed by atoms with Gasteiger partial charge in [-0.15, -0.1) is 0 Å². The first-order valence-electron chi connectivity index (χ1n) is 8.32. The number of nitrogens with zero attached hydrogens (tertiary/aromatic N) is 2. The molecule has 3 rings (SSSR count). The third-order valence-electron chi connectivity index (χ3n) is 3.83. The lowest BCUT2D eigenvalue weighted by atomic mass is 10.1. The molecule has 0 bridgehead atoms. The van der Waals surface area contributed by atoms with Crippen LogP contribution in [0.3, 0.4) is 0 Å². The van der Waals surface area contributed by atoms with Crippen LogP contribution in [-0.2, 0) is 11.2 Å². The van der Waals surface area contributed by atoms with Crippen LogP contribution in [0.5, 0.6) is 0 Å². The average molecular weight is 363 g/mol. The highest BCUT2D eigenvalue weighted by Gasteiger charge is 2.09. The van der Waals surface area contributed by atoms with Gasteiger partial charge in [0.15, 0.2) is 0 Å². The number of hydrazone groups is 1. The molecule has 3 aromatic rings. The van der Waals surface area contributed by atoms with Crippen LogP contribution in [0.2, 0.25) is 0 Å². The molecule has 0 atom stereocenters. The van der Waals surface area contributed by atoms with E-state index in [4.69, 9.17) is 4.42 Å². The summed E-state index contributed by atoms with van der Waals surface area (Å²) in [4.78, 5) is 22.2. The van der Waals surface area contributed by atoms with Crippen molar-refractivity contribution < 1.29 is 14.1 Å². The predicted octanol–water partition coefficient (Wildman–Crippen LogP) is 3.94. The Labute approximate surface area is 155 Å². The molecule has 2 aromatic carbocycles. The van der Waals surface area contributed by atoms with E-state index >= 15 is 0 Å². The van der Waals surface area contributed by atoms with Crippen molar-refractivity contribution in [2.75, 3.05) is 0 Å². The second-order valence-corrected chi connectivity index (χ2v) is 5.79. The Morgan fingerprint density at radius 2 is 1.93 bits per heavy atom. The normalized spacial score (nSPS) is 10.8. The Morgan fingerprint density at radius 1 is 1.11 bits per heavy atom. The van der Waals surface area contributed by atoms with Crippen LogP contribution >= 0.6 is 0 Å². The topological polar surface area (TPSA) is 97.7 Å². The third kappa shape index (κ3) is 5.12. The Balaban J connectivity index is 1.55. The van der Waals surface area contributed by atoms with Crippen molar-refractivity contribution in [1.29, 1.82) is 0 Å². The molecule has 0 saturated carbocycles. The smallest absolute Gasteiger partial charge is 0.270 e. The number of rotatable bonds is 7. The lowest BCUT2D eigenvalue weighted by molar-refractivity contribution is -0.384. The highest BCUT2D eigenvalue weighted by atomic mass is 16.6. The van der Waals surface area contributed by atoms with Gasteiger partial charge in [0, 0.05) is 24.1 Å². The molecule has 7 heteroatoms. The Bertz CT molecular complexity index is 964. The minimum atomic E-state index is -0.459. The molecule has 0 aliphatic rings. The number of non-ortho nitro benzene ring substituents is 1. The van der Waals surface area contributed by atoms with Crippen LogP contribution in [0.1, 0.15) is 17.7 Å². The van der Waals surface area contributed by atoms with Gasteiger partial charge in [-0.2, -0.15) is 5.10 Å². The van der Waals surface area contributed by atoms with E-state index in [0.29, 0.717) is 29.9 Å². The molecule has 7 nitrogen and oxygen atoms in total. The fraction of sp³-hybridized carbons (Fsp3) is 0.100. The van der Waals surface area contributed by atoms with E-state index < -0.39 is 4.92 Å². The molecule has 1 aromatic heterocycles. The molecule has 0 saturated heterocycles.